The number of rotatable bonds is 1. The fourth-order valence-electron chi connectivity index (χ4n) is 3.06. The number of nitriles is 1. The number of hydrogen-bond donors (Lipinski definition) is 0. The molecule has 2 heteroatoms. The largest absolute Gasteiger partial charge is 0.299 e. The van der Waals surface area contributed by atoms with Crippen molar-refractivity contribution in [1.82, 2.24) is 4.90 Å². The standard InChI is InChI=1S/C12H20N2/c1-10-4-3-7-14(9-10)12-6-2-5-11(12)8-13/h10-12H,2-7,9H2,1H3. The van der Waals surface area contributed by atoms with Crippen LogP contribution in [0.25, 0.3) is 0 Å². The van der Waals surface area contributed by atoms with Crippen molar-refractivity contribution in [3.63, 3.8) is 0 Å². The second-order valence-electron chi connectivity index (χ2n) is 4.98. The summed E-state index contributed by atoms with van der Waals surface area (Å²) in [6, 6.07) is 3.07. The average Bonchev–Trinajstić information content (AvgIpc) is 2.65. The van der Waals surface area contributed by atoms with Gasteiger partial charge in [0.1, 0.15) is 0 Å². The van der Waals surface area contributed by atoms with E-state index in [4.69, 9.17) is 5.26 Å². The Kier molecular flexibility index (Phi) is 3.08. The molecule has 78 valence electrons. The molecule has 0 N–H and O–H groups in total. The molecular weight excluding hydrogens is 172 g/mol. The first kappa shape index (κ1) is 9.98. The molecule has 0 bridgehead atoms. The van der Waals surface area contributed by atoms with Crippen LogP contribution in [0.2, 0.25) is 0 Å². The molecule has 1 aliphatic carbocycles. The zero-order valence-electron chi connectivity index (χ0n) is 9.08. The van der Waals surface area contributed by atoms with Gasteiger partial charge in [-0.2, -0.15) is 5.26 Å². The number of likely N-dealkylation sites (tertiary alicyclic amines) is 1. The molecule has 1 aliphatic heterocycles. The molecule has 1 saturated carbocycles. The van der Waals surface area contributed by atoms with E-state index in [-0.39, 0.29) is 0 Å². The summed E-state index contributed by atoms with van der Waals surface area (Å²) < 4.78 is 0. The fraction of sp³-hybridized carbons (Fsp3) is 0.917. The van der Waals surface area contributed by atoms with Crippen LogP contribution in [-0.2, 0) is 0 Å². The highest BCUT2D eigenvalue weighted by Gasteiger charge is 2.33. The third-order valence-electron chi connectivity index (χ3n) is 3.80. The fourth-order valence-corrected chi connectivity index (χ4v) is 3.06. The molecule has 0 amide bonds. The van der Waals surface area contributed by atoms with Crippen LogP contribution in [0.1, 0.15) is 39.0 Å². The third-order valence-corrected chi connectivity index (χ3v) is 3.80. The van der Waals surface area contributed by atoms with Crippen molar-refractivity contribution in [2.45, 2.75) is 45.1 Å². The molecular formula is C12H20N2. The number of piperidine rings is 1. The Hall–Kier alpha value is -0.550. The molecule has 0 aromatic rings. The lowest BCUT2D eigenvalue weighted by molar-refractivity contribution is 0.118. The zero-order chi connectivity index (χ0) is 9.97. The van der Waals surface area contributed by atoms with Gasteiger partial charge in [0.05, 0.1) is 12.0 Å². The minimum atomic E-state index is 0.320. The van der Waals surface area contributed by atoms with E-state index >= 15 is 0 Å². The summed E-state index contributed by atoms with van der Waals surface area (Å²) in [6.07, 6.45) is 6.35. The predicted molar refractivity (Wildman–Crippen MR) is 56.7 cm³/mol. The molecule has 1 saturated heterocycles. The van der Waals surface area contributed by atoms with Crippen molar-refractivity contribution in [3.05, 3.63) is 0 Å². The van der Waals surface area contributed by atoms with Crippen molar-refractivity contribution in [3.8, 4) is 6.07 Å². The second kappa shape index (κ2) is 4.31. The first-order valence-corrected chi connectivity index (χ1v) is 5.95. The van der Waals surface area contributed by atoms with Gasteiger partial charge >= 0.3 is 0 Å². The van der Waals surface area contributed by atoms with Gasteiger partial charge in [-0.25, -0.2) is 0 Å². The van der Waals surface area contributed by atoms with Crippen LogP contribution in [-0.4, -0.2) is 24.0 Å². The maximum absolute atomic E-state index is 9.06. The van der Waals surface area contributed by atoms with E-state index in [0.717, 1.165) is 12.3 Å². The van der Waals surface area contributed by atoms with Crippen LogP contribution in [0, 0.1) is 23.2 Å². The normalized spacial score (nSPS) is 39.6. The van der Waals surface area contributed by atoms with Gasteiger partial charge in [0.2, 0.25) is 0 Å². The minimum Gasteiger partial charge on any atom is -0.299 e. The Balaban J connectivity index is 1.96. The zero-order valence-corrected chi connectivity index (χ0v) is 9.08. The maximum Gasteiger partial charge on any atom is 0.0672 e. The topological polar surface area (TPSA) is 27.0 Å². The quantitative estimate of drug-likeness (QED) is 0.638. The molecule has 2 rings (SSSR count). The Labute approximate surface area is 86.9 Å². The van der Waals surface area contributed by atoms with E-state index in [2.05, 4.69) is 17.9 Å². The van der Waals surface area contributed by atoms with E-state index in [1.54, 1.807) is 0 Å². The smallest absolute Gasteiger partial charge is 0.0672 e. The van der Waals surface area contributed by atoms with Gasteiger partial charge in [-0.15, -0.1) is 0 Å². The number of hydrogen-bond acceptors (Lipinski definition) is 2. The van der Waals surface area contributed by atoms with Crippen molar-refractivity contribution < 1.29 is 0 Å². The molecule has 14 heavy (non-hydrogen) atoms. The Morgan fingerprint density at radius 1 is 1.21 bits per heavy atom. The van der Waals surface area contributed by atoms with Crippen molar-refractivity contribution >= 4 is 0 Å². The molecule has 2 fully saturated rings. The summed E-state index contributed by atoms with van der Waals surface area (Å²) in [4.78, 5) is 2.58. The Bertz CT molecular complexity index is 231. The molecule has 0 spiro atoms. The summed E-state index contributed by atoms with van der Waals surface area (Å²) in [5, 5.41) is 9.06. The molecule has 2 aliphatic rings. The van der Waals surface area contributed by atoms with Crippen LogP contribution in [0.3, 0.4) is 0 Å². The summed E-state index contributed by atoms with van der Waals surface area (Å²) in [7, 11) is 0. The summed E-state index contributed by atoms with van der Waals surface area (Å²) in [5.41, 5.74) is 0. The lowest BCUT2D eigenvalue weighted by atomic mass is 9.95. The monoisotopic (exact) mass is 192 g/mol. The highest BCUT2D eigenvalue weighted by molar-refractivity contribution is 4.98. The van der Waals surface area contributed by atoms with Crippen LogP contribution >= 0.6 is 0 Å². The first-order chi connectivity index (χ1) is 6.81. The first-order valence-electron chi connectivity index (χ1n) is 5.95. The van der Waals surface area contributed by atoms with Crippen LogP contribution in [0.5, 0.6) is 0 Å². The number of nitrogens with zero attached hydrogens (tertiary/aromatic N) is 2. The van der Waals surface area contributed by atoms with Gasteiger partial charge in [-0.05, 0) is 38.1 Å². The highest BCUT2D eigenvalue weighted by atomic mass is 15.2. The van der Waals surface area contributed by atoms with E-state index in [9.17, 15) is 0 Å². The predicted octanol–water partition coefficient (Wildman–Crippen LogP) is 2.41. The molecule has 0 aromatic carbocycles. The average molecular weight is 192 g/mol. The van der Waals surface area contributed by atoms with Gasteiger partial charge in [0.15, 0.2) is 0 Å². The maximum atomic E-state index is 9.06. The van der Waals surface area contributed by atoms with Crippen LogP contribution in [0.15, 0.2) is 0 Å². The van der Waals surface area contributed by atoms with E-state index < -0.39 is 0 Å². The third kappa shape index (κ3) is 1.93. The summed E-state index contributed by atoms with van der Waals surface area (Å²) >= 11 is 0. The SMILES string of the molecule is CC1CCCN(C2CCCC2C#N)C1. The van der Waals surface area contributed by atoms with Gasteiger partial charge < -0.3 is 0 Å². The Morgan fingerprint density at radius 2 is 2.07 bits per heavy atom. The molecule has 1 heterocycles. The molecule has 0 aromatic heterocycles. The van der Waals surface area contributed by atoms with Crippen molar-refractivity contribution in [2.24, 2.45) is 11.8 Å². The minimum absolute atomic E-state index is 0.320. The lowest BCUT2D eigenvalue weighted by Gasteiger charge is -2.36. The molecule has 0 radical (unpaired) electrons. The van der Waals surface area contributed by atoms with Crippen molar-refractivity contribution in [2.75, 3.05) is 13.1 Å². The lowest BCUT2D eigenvalue weighted by Crippen LogP contribution is -2.43. The van der Waals surface area contributed by atoms with Crippen molar-refractivity contribution in [1.29, 1.82) is 5.26 Å². The van der Waals surface area contributed by atoms with Gasteiger partial charge in [-0.1, -0.05) is 13.3 Å². The molecule has 3 unspecified atom stereocenters. The summed E-state index contributed by atoms with van der Waals surface area (Å²) in [6.45, 7) is 4.79. The molecule has 3 atom stereocenters. The van der Waals surface area contributed by atoms with Gasteiger partial charge in [0, 0.05) is 12.6 Å². The second-order valence-corrected chi connectivity index (χ2v) is 4.98. The van der Waals surface area contributed by atoms with Gasteiger partial charge in [0.25, 0.3) is 0 Å². The van der Waals surface area contributed by atoms with E-state index in [0.29, 0.717) is 12.0 Å². The van der Waals surface area contributed by atoms with Crippen LogP contribution < -0.4 is 0 Å². The Morgan fingerprint density at radius 3 is 2.79 bits per heavy atom. The van der Waals surface area contributed by atoms with Gasteiger partial charge in [-0.3, -0.25) is 4.90 Å². The van der Waals surface area contributed by atoms with E-state index in [1.807, 2.05) is 0 Å². The van der Waals surface area contributed by atoms with Crippen LogP contribution in [0.4, 0.5) is 0 Å². The summed E-state index contributed by atoms with van der Waals surface area (Å²) in [5.74, 6) is 1.16. The van der Waals surface area contributed by atoms with E-state index in [1.165, 1.54) is 38.8 Å². The highest BCUT2D eigenvalue weighted by Crippen LogP contribution is 2.32. The molecule has 2 nitrogen and oxygen atoms in total.